The fraction of sp³-hybridized carbons (Fsp3) is 0.714. The molecule has 4 aliphatic carbocycles. The lowest BCUT2D eigenvalue weighted by atomic mass is 9.45. The van der Waals surface area contributed by atoms with Gasteiger partial charge in [0.05, 0.1) is 11.5 Å². The molecule has 0 aromatic rings. The van der Waals surface area contributed by atoms with E-state index < -0.39 is 59.4 Å². The minimum atomic E-state index is -1.72. The molecule has 9 nitrogen and oxygen atoms in total. The van der Waals surface area contributed by atoms with E-state index in [4.69, 9.17) is 9.47 Å². The van der Waals surface area contributed by atoms with E-state index in [1.165, 1.54) is 6.08 Å². The van der Waals surface area contributed by atoms with Gasteiger partial charge in [0.2, 0.25) is 0 Å². The maximum atomic E-state index is 12.7. The molecule has 0 unspecified atom stereocenters. The van der Waals surface area contributed by atoms with Crippen molar-refractivity contribution in [2.45, 2.75) is 83.8 Å². The lowest BCUT2D eigenvalue weighted by molar-refractivity contribution is -0.182. The molecule has 204 valence electrons. The number of allylic oxidation sites excluding steroid dienone is 3. The van der Waals surface area contributed by atoms with Crippen molar-refractivity contribution in [2.24, 2.45) is 28.6 Å². The molecule has 0 bridgehead atoms. The number of unbranched alkanes of at least 4 members (excludes halogenated alkanes) is 1. The molecule has 0 saturated heterocycles. The highest BCUT2D eigenvalue weighted by Gasteiger charge is 2.69. The van der Waals surface area contributed by atoms with Crippen LogP contribution in [-0.4, -0.2) is 63.7 Å². The number of hydrogen-bond donors (Lipinski definition) is 3. The molecule has 9 heteroatoms. The Balaban J connectivity index is 1.60. The molecular formula is C28H38O9. The maximum Gasteiger partial charge on any atom is 0.349 e. The fourth-order valence-electron chi connectivity index (χ4n) is 7.81. The van der Waals surface area contributed by atoms with Crippen LogP contribution >= 0.6 is 0 Å². The van der Waals surface area contributed by atoms with E-state index in [2.05, 4.69) is 0 Å². The largest absolute Gasteiger partial charge is 0.454 e. The third-order valence-electron chi connectivity index (χ3n) is 9.70. The summed E-state index contributed by atoms with van der Waals surface area (Å²) in [5.74, 6) is -2.74. The summed E-state index contributed by atoms with van der Waals surface area (Å²) in [6, 6.07) is 0. The van der Waals surface area contributed by atoms with Crippen molar-refractivity contribution >= 4 is 23.5 Å². The van der Waals surface area contributed by atoms with Gasteiger partial charge in [-0.2, -0.15) is 0 Å². The third kappa shape index (κ3) is 4.38. The van der Waals surface area contributed by atoms with Crippen LogP contribution in [0, 0.1) is 28.6 Å². The molecule has 3 fully saturated rings. The minimum absolute atomic E-state index is 0.103. The molecule has 0 spiro atoms. The van der Waals surface area contributed by atoms with Gasteiger partial charge in [-0.3, -0.25) is 14.4 Å². The molecule has 4 rings (SSSR count). The fourth-order valence-corrected chi connectivity index (χ4v) is 7.81. The SMILES string of the molecule is CCCCC(=O)OCC(=O)OC1=CC(=O)C=C2CC[C@@H]3[C@H]([C@@H](O)C[C@@]4(C)[C@H]3CC[C@]4(O)C(=O)CO)[C@]21C. The van der Waals surface area contributed by atoms with E-state index in [-0.39, 0.29) is 42.6 Å². The summed E-state index contributed by atoms with van der Waals surface area (Å²) in [5, 5.41) is 32.5. The number of carbonyl (C=O) groups is 4. The number of Topliss-reactive ketones (excluding diaryl/α,β-unsaturated/α-hetero) is 1. The van der Waals surface area contributed by atoms with Crippen molar-refractivity contribution in [3.63, 3.8) is 0 Å². The third-order valence-corrected chi connectivity index (χ3v) is 9.70. The molecule has 3 saturated carbocycles. The highest BCUT2D eigenvalue weighted by atomic mass is 16.6. The molecule has 37 heavy (non-hydrogen) atoms. The Morgan fingerprint density at radius 3 is 2.54 bits per heavy atom. The van der Waals surface area contributed by atoms with Crippen molar-refractivity contribution in [1.82, 2.24) is 0 Å². The van der Waals surface area contributed by atoms with Crippen LogP contribution in [0.2, 0.25) is 0 Å². The first-order chi connectivity index (χ1) is 17.4. The van der Waals surface area contributed by atoms with Crippen LogP contribution in [0.3, 0.4) is 0 Å². The standard InChI is InChI=1S/C28H38O9/c1-4-5-6-23(33)36-15-24(34)37-22-12-17(30)11-16-7-8-18-19-9-10-28(35,21(32)14-29)26(19,2)13-20(31)25(18)27(16,22)3/h11-12,18-20,25,29,31,35H,4-10,13-15H2,1-3H3/t18-,19-,20-,25+,26-,27+,28-/m0/s1. The number of aliphatic hydroxyl groups excluding tert-OH is 2. The Bertz CT molecular complexity index is 1040. The van der Waals surface area contributed by atoms with Gasteiger partial charge in [0.15, 0.2) is 18.2 Å². The summed E-state index contributed by atoms with van der Waals surface area (Å²) in [6.45, 7) is 4.29. The van der Waals surface area contributed by atoms with Crippen LogP contribution in [0.25, 0.3) is 0 Å². The van der Waals surface area contributed by atoms with Crippen LogP contribution < -0.4 is 0 Å². The maximum absolute atomic E-state index is 12.7. The van der Waals surface area contributed by atoms with Gasteiger partial charge in [0, 0.05) is 23.8 Å². The van der Waals surface area contributed by atoms with Crippen LogP contribution in [-0.2, 0) is 28.7 Å². The van der Waals surface area contributed by atoms with Gasteiger partial charge in [-0.25, -0.2) is 4.79 Å². The van der Waals surface area contributed by atoms with E-state index in [9.17, 15) is 34.5 Å². The predicted molar refractivity (Wildman–Crippen MR) is 131 cm³/mol. The van der Waals surface area contributed by atoms with Gasteiger partial charge in [-0.1, -0.05) is 25.8 Å². The Morgan fingerprint density at radius 2 is 1.86 bits per heavy atom. The zero-order chi connectivity index (χ0) is 27.2. The summed E-state index contributed by atoms with van der Waals surface area (Å²) in [6.07, 6.45) is 5.62. The van der Waals surface area contributed by atoms with Gasteiger partial charge >= 0.3 is 11.9 Å². The minimum Gasteiger partial charge on any atom is -0.454 e. The summed E-state index contributed by atoms with van der Waals surface area (Å²) >= 11 is 0. The van der Waals surface area contributed by atoms with Gasteiger partial charge in [-0.05, 0) is 63.4 Å². The Hall–Kier alpha value is -2.36. The number of ether oxygens (including phenoxy) is 2. The van der Waals surface area contributed by atoms with E-state index in [1.807, 2.05) is 20.8 Å². The molecule has 7 atom stereocenters. The van der Waals surface area contributed by atoms with Gasteiger partial charge < -0.3 is 24.8 Å². The number of aliphatic hydroxyl groups is 3. The second-order valence-corrected chi connectivity index (χ2v) is 11.5. The number of rotatable bonds is 8. The molecule has 0 radical (unpaired) electrons. The second kappa shape index (κ2) is 10.1. The van der Waals surface area contributed by atoms with Gasteiger partial charge in [0.25, 0.3) is 0 Å². The number of ketones is 2. The average Bonchev–Trinajstić information content (AvgIpc) is 3.12. The topological polar surface area (TPSA) is 147 Å². The average molecular weight is 519 g/mol. The van der Waals surface area contributed by atoms with E-state index in [1.54, 1.807) is 6.08 Å². The summed E-state index contributed by atoms with van der Waals surface area (Å²) in [4.78, 5) is 49.6. The molecule has 0 aromatic carbocycles. The molecule has 0 amide bonds. The highest BCUT2D eigenvalue weighted by Crippen LogP contribution is 2.68. The first kappa shape index (κ1) is 27.7. The van der Waals surface area contributed by atoms with Gasteiger partial charge in [-0.15, -0.1) is 0 Å². The highest BCUT2D eigenvalue weighted by molar-refractivity contribution is 6.02. The van der Waals surface area contributed by atoms with Crippen molar-refractivity contribution in [1.29, 1.82) is 0 Å². The van der Waals surface area contributed by atoms with Crippen LogP contribution in [0.5, 0.6) is 0 Å². The van der Waals surface area contributed by atoms with Crippen LogP contribution in [0.4, 0.5) is 0 Å². The van der Waals surface area contributed by atoms with Crippen molar-refractivity contribution < 1.29 is 44.0 Å². The van der Waals surface area contributed by atoms with Crippen LogP contribution in [0.15, 0.2) is 23.5 Å². The Kier molecular flexibility index (Phi) is 7.53. The van der Waals surface area contributed by atoms with Crippen molar-refractivity contribution in [2.75, 3.05) is 13.2 Å². The smallest absolute Gasteiger partial charge is 0.349 e. The number of hydrogen-bond acceptors (Lipinski definition) is 9. The zero-order valence-electron chi connectivity index (χ0n) is 21.8. The Labute approximate surface area is 216 Å². The lowest BCUT2D eigenvalue weighted by Gasteiger charge is -2.60. The second-order valence-electron chi connectivity index (χ2n) is 11.5. The molecule has 0 aromatic heterocycles. The van der Waals surface area contributed by atoms with Crippen LogP contribution in [0.1, 0.15) is 72.1 Å². The van der Waals surface area contributed by atoms with Gasteiger partial charge in [0.1, 0.15) is 18.0 Å². The zero-order valence-corrected chi connectivity index (χ0v) is 21.8. The summed E-state index contributed by atoms with van der Waals surface area (Å²) < 4.78 is 10.7. The molecule has 0 aliphatic heterocycles. The Morgan fingerprint density at radius 1 is 1.14 bits per heavy atom. The normalized spacial score (nSPS) is 38.5. The molecule has 4 aliphatic rings. The van der Waals surface area contributed by atoms with E-state index >= 15 is 0 Å². The summed E-state index contributed by atoms with van der Waals surface area (Å²) in [5.41, 5.74) is -2.82. The van der Waals surface area contributed by atoms with Crippen molar-refractivity contribution in [3.05, 3.63) is 23.5 Å². The quantitative estimate of drug-likeness (QED) is 0.411. The number of esters is 2. The number of fused-ring (bicyclic) bond motifs is 5. The van der Waals surface area contributed by atoms with E-state index in [0.29, 0.717) is 25.7 Å². The molecule has 3 N–H and O–H groups in total. The molecular weight excluding hydrogens is 480 g/mol. The monoisotopic (exact) mass is 518 g/mol. The first-order valence-corrected chi connectivity index (χ1v) is 13.3. The van der Waals surface area contributed by atoms with E-state index in [0.717, 1.165) is 12.0 Å². The lowest BCUT2D eigenvalue weighted by Crippen LogP contribution is -2.62. The summed E-state index contributed by atoms with van der Waals surface area (Å²) in [7, 11) is 0. The van der Waals surface area contributed by atoms with Crippen molar-refractivity contribution in [3.8, 4) is 0 Å². The predicted octanol–water partition coefficient (Wildman–Crippen LogP) is 2.16. The number of carbonyl (C=O) groups excluding carboxylic acids is 4. The molecule has 0 heterocycles. The first-order valence-electron chi connectivity index (χ1n) is 13.3.